The lowest BCUT2D eigenvalue weighted by Gasteiger charge is -2.21. The molecular formula is C32H28N4O3. The van der Waals surface area contributed by atoms with Crippen LogP contribution in [-0.4, -0.2) is 29.5 Å². The van der Waals surface area contributed by atoms with Crippen LogP contribution in [0.1, 0.15) is 27.9 Å². The number of aryl methyl sites for hydroxylation is 1. The number of pyridine rings is 2. The van der Waals surface area contributed by atoms with Crippen molar-refractivity contribution in [1.82, 2.24) is 15.3 Å². The largest absolute Gasteiger partial charge is 0.496 e. The molecule has 0 aliphatic carbocycles. The van der Waals surface area contributed by atoms with E-state index in [2.05, 4.69) is 21.7 Å². The van der Waals surface area contributed by atoms with Gasteiger partial charge in [0, 0.05) is 36.3 Å². The summed E-state index contributed by atoms with van der Waals surface area (Å²) >= 11 is 0. The quantitative estimate of drug-likeness (QED) is 0.261. The zero-order chi connectivity index (χ0) is 26.6. The summed E-state index contributed by atoms with van der Waals surface area (Å²) in [5, 5.41) is 7.11. The molecule has 2 N–H and O–H groups in total. The van der Waals surface area contributed by atoms with Crippen LogP contribution in [0.4, 0.5) is 5.82 Å². The Morgan fingerprint density at radius 3 is 2.54 bits per heavy atom. The van der Waals surface area contributed by atoms with E-state index in [4.69, 9.17) is 14.5 Å². The molecule has 0 bridgehead atoms. The van der Waals surface area contributed by atoms with Crippen LogP contribution in [-0.2, 0) is 13.0 Å². The number of nitrogens with zero attached hydrogens (tertiary/aromatic N) is 2. The van der Waals surface area contributed by atoms with Crippen molar-refractivity contribution in [2.45, 2.75) is 19.4 Å². The number of ether oxygens (including phenoxy) is 2. The minimum Gasteiger partial charge on any atom is -0.496 e. The Morgan fingerprint density at radius 2 is 1.74 bits per heavy atom. The van der Waals surface area contributed by atoms with Crippen molar-refractivity contribution >= 4 is 22.6 Å². The predicted molar refractivity (Wildman–Crippen MR) is 152 cm³/mol. The average Bonchev–Trinajstić information content (AvgIpc) is 3.00. The zero-order valence-electron chi connectivity index (χ0n) is 21.6. The van der Waals surface area contributed by atoms with Gasteiger partial charge in [-0.15, -0.1) is 0 Å². The first-order valence-electron chi connectivity index (χ1n) is 13.0. The number of benzene rings is 3. The van der Waals surface area contributed by atoms with Gasteiger partial charge in [-0.05, 0) is 42.2 Å². The first-order chi connectivity index (χ1) is 19.2. The topological polar surface area (TPSA) is 85.4 Å². The van der Waals surface area contributed by atoms with Gasteiger partial charge >= 0.3 is 0 Å². The number of fused-ring (bicyclic) bond motifs is 2. The van der Waals surface area contributed by atoms with Crippen molar-refractivity contribution in [2.24, 2.45) is 0 Å². The third-order valence-corrected chi connectivity index (χ3v) is 6.81. The maximum absolute atomic E-state index is 13.2. The van der Waals surface area contributed by atoms with Gasteiger partial charge in [0.1, 0.15) is 23.0 Å². The van der Waals surface area contributed by atoms with E-state index in [1.165, 1.54) is 0 Å². The molecule has 0 spiro atoms. The normalized spacial score (nSPS) is 12.3. The molecule has 39 heavy (non-hydrogen) atoms. The molecule has 0 radical (unpaired) electrons. The molecule has 6 rings (SSSR count). The first kappa shape index (κ1) is 24.4. The van der Waals surface area contributed by atoms with Crippen LogP contribution in [0.3, 0.4) is 0 Å². The monoisotopic (exact) mass is 516 g/mol. The zero-order valence-corrected chi connectivity index (χ0v) is 21.6. The molecule has 7 heteroatoms. The van der Waals surface area contributed by atoms with E-state index >= 15 is 0 Å². The lowest BCUT2D eigenvalue weighted by molar-refractivity contribution is 0.0948. The maximum atomic E-state index is 13.2. The number of nitrogens with one attached hydrogen (secondary N) is 2. The highest BCUT2D eigenvalue weighted by atomic mass is 16.5. The Labute approximate surface area is 226 Å². The number of carbonyl (C=O) groups is 1. The van der Waals surface area contributed by atoms with Gasteiger partial charge < -0.3 is 20.1 Å². The summed E-state index contributed by atoms with van der Waals surface area (Å²) in [6, 6.07) is 27.2. The minimum atomic E-state index is -0.237. The second-order valence-electron chi connectivity index (χ2n) is 9.39. The van der Waals surface area contributed by atoms with Crippen molar-refractivity contribution in [3.63, 3.8) is 0 Å². The van der Waals surface area contributed by atoms with Crippen LogP contribution in [0.5, 0.6) is 17.2 Å². The van der Waals surface area contributed by atoms with E-state index in [-0.39, 0.29) is 5.91 Å². The predicted octanol–water partition coefficient (Wildman–Crippen LogP) is 6.39. The Balaban J connectivity index is 1.39. The van der Waals surface area contributed by atoms with E-state index in [1.54, 1.807) is 25.4 Å². The first-order valence-corrected chi connectivity index (χ1v) is 13.0. The third-order valence-electron chi connectivity index (χ3n) is 6.81. The Bertz CT molecular complexity index is 1640. The number of rotatable bonds is 7. The molecule has 0 atom stereocenters. The van der Waals surface area contributed by atoms with Crippen LogP contribution in [0, 0.1) is 0 Å². The summed E-state index contributed by atoms with van der Waals surface area (Å²) in [7, 11) is 1.55. The van der Waals surface area contributed by atoms with Gasteiger partial charge in [0.15, 0.2) is 5.75 Å². The molecule has 1 aliphatic heterocycles. The Kier molecular flexibility index (Phi) is 6.78. The summed E-state index contributed by atoms with van der Waals surface area (Å²) in [6.45, 7) is 1.31. The molecule has 5 aromatic rings. The highest BCUT2D eigenvalue weighted by Crippen LogP contribution is 2.39. The molecule has 194 valence electrons. The summed E-state index contributed by atoms with van der Waals surface area (Å²) in [5.41, 5.74) is 4.93. The van der Waals surface area contributed by atoms with Gasteiger partial charge in [-0.1, -0.05) is 60.7 Å². The molecule has 0 saturated carbocycles. The third kappa shape index (κ3) is 5.11. The van der Waals surface area contributed by atoms with E-state index in [0.717, 1.165) is 47.6 Å². The number of methoxy groups -OCH3 is 1. The molecule has 0 saturated heterocycles. The van der Waals surface area contributed by atoms with Crippen LogP contribution < -0.4 is 20.1 Å². The number of anilines is 1. The fourth-order valence-corrected chi connectivity index (χ4v) is 4.82. The van der Waals surface area contributed by atoms with Crippen LogP contribution in [0.2, 0.25) is 0 Å². The van der Waals surface area contributed by atoms with Gasteiger partial charge in [-0.3, -0.25) is 9.78 Å². The van der Waals surface area contributed by atoms with Crippen molar-refractivity contribution in [3.05, 3.63) is 108 Å². The highest BCUT2D eigenvalue weighted by molar-refractivity contribution is 6.02. The van der Waals surface area contributed by atoms with Crippen LogP contribution >= 0.6 is 0 Å². The van der Waals surface area contributed by atoms with Crippen LogP contribution in [0.25, 0.3) is 22.2 Å². The van der Waals surface area contributed by atoms with Crippen molar-refractivity contribution in [1.29, 1.82) is 0 Å². The van der Waals surface area contributed by atoms with Gasteiger partial charge in [0.2, 0.25) is 0 Å². The molecule has 0 fully saturated rings. The lowest BCUT2D eigenvalue weighted by Crippen LogP contribution is -2.23. The Hall–Kier alpha value is -4.91. The van der Waals surface area contributed by atoms with Gasteiger partial charge in [0.25, 0.3) is 5.91 Å². The molecule has 7 nitrogen and oxygen atoms in total. The summed E-state index contributed by atoms with van der Waals surface area (Å²) < 4.78 is 12.1. The standard InChI is InChI=1S/C32H28N4O3/c1-38-28-19-26-24(18-25(28)32(37)35-20-21-9-4-2-5-10-21)27(14-16-33-26)39-29-17-23-13-8-15-34-31(23)36-30(29)22-11-6-3-7-12-22/h2-7,9-12,14,16-19H,8,13,15,20H2,1H3,(H,34,36)(H,35,37). The highest BCUT2D eigenvalue weighted by Gasteiger charge is 2.20. The molecule has 0 unspecified atom stereocenters. The molecular weight excluding hydrogens is 488 g/mol. The maximum Gasteiger partial charge on any atom is 0.255 e. The molecule has 1 amide bonds. The second kappa shape index (κ2) is 10.8. The van der Waals surface area contributed by atoms with Crippen molar-refractivity contribution < 1.29 is 14.3 Å². The van der Waals surface area contributed by atoms with Gasteiger partial charge in [-0.2, -0.15) is 0 Å². The molecule has 1 aliphatic rings. The Morgan fingerprint density at radius 1 is 0.949 bits per heavy atom. The van der Waals surface area contributed by atoms with E-state index < -0.39 is 0 Å². The van der Waals surface area contributed by atoms with Crippen LogP contribution in [0.15, 0.2) is 91.1 Å². The SMILES string of the molecule is COc1cc2nccc(Oc3cc4c(nc3-c3ccccc3)NCCC4)c2cc1C(=O)NCc1ccccc1. The number of amides is 1. The van der Waals surface area contributed by atoms with E-state index in [9.17, 15) is 4.79 Å². The van der Waals surface area contributed by atoms with Gasteiger partial charge in [0.05, 0.1) is 18.2 Å². The summed E-state index contributed by atoms with van der Waals surface area (Å²) in [6.07, 6.45) is 3.67. The number of hydrogen-bond donors (Lipinski definition) is 2. The minimum absolute atomic E-state index is 0.237. The summed E-state index contributed by atoms with van der Waals surface area (Å²) in [4.78, 5) is 22.7. The fraction of sp³-hybridized carbons (Fsp3) is 0.156. The average molecular weight is 517 g/mol. The summed E-state index contributed by atoms with van der Waals surface area (Å²) in [5.74, 6) is 2.35. The number of hydrogen-bond acceptors (Lipinski definition) is 6. The van der Waals surface area contributed by atoms with Crippen molar-refractivity contribution in [2.75, 3.05) is 19.0 Å². The number of carbonyl (C=O) groups excluding carboxylic acids is 1. The second-order valence-corrected chi connectivity index (χ2v) is 9.39. The lowest BCUT2D eigenvalue weighted by atomic mass is 10.0. The van der Waals surface area contributed by atoms with Crippen molar-refractivity contribution in [3.8, 4) is 28.5 Å². The molecule has 2 aromatic heterocycles. The fourth-order valence-electron chi connectivity index (χ4n) is 4.82. The number of aromatic nitrogens is 2. The smallest absolute Gasteiger partial charge is 0.255 e. The van der Waals surface area contributed by atoms with E-state index in [0.29, 0.717) is 40.3 Å². The van der Waals surface area contributed by atoms with E-state index in [1.807, 2.05) is 66.7 Å². The molecule has 3 aromatic carbocycles. The van der Waals surface area contributed by atoms with Gasteiger partial charge in [-0.25, -0.2) is 4.98 Å². The molecule has 3 heterocycles.